The highest BCUT2D eigenvalue weighted by Gasteiger charge is 2.30. The molecule has 9 heteroatoms. The Kier molecular flexibility index (Phi) is 4.83. The van der Waals surface area contributed by atoms with Crippen LogP contribution in [0.3, 0.4) is 0 Å². The van der Waals surface area contributed by atoms with Crippen LogP contribution < -0.4 is 0 Å². The highest BCUT2D eigenvalue weighted by Crippen LogP contribution is 2.40. The van der Waals surface area contributed by atoms with E-state index < -0.39 is 33.7 Å². The molecule has 0 atom stereocenters. The van der Waals surface area contributed by atoms with Gasteiger partial charge in [-0.05, 0) is 0 Å². The Morgan fingerprint density at radius 3 is 1.54 bits per heavy atom. The maximum absolute atomic E-state index is 11.6. The molecule has 0 spiro atoms. The highest BCUT2D eigenvalue weighted by atomic mass is 31.2. The lowest BCUT2D eigenvalue weighted by Gasteiger charge is -2.21. The summed E-state index contributed by atoms with van der Waals surface area (Å²) in [6.07, 6.45) is -6.13. The summed E-state index contributed by atoms with van der Waals surface area (Å²) in [4.78, 5) is 16.7. The monoisotopic (exact) mass is 225 g/mol. The van der Waals surface area contributed by atoms with E-state index in [0.29, 0.717) is 0 Å². The van der Waals surface area contributed by atoms with E-state index in [1.807, 2.05) is 0 Å². The molecular weight excluding hydrogens is 217 g/mol. The average Bonchev–Trinajstić information content (AvgIpc) is 1.81. The molecule has 0 aromatic rings. The third-order valence-electron chi connectivity index (χ3n) is 1.07. The van der Waals surface area contributed by atoms with Crippen LogP contribution in [0.5, 0.6) is 0 Å². The van der Waals surface area contributed by atoms with Crippen LogP contribution >= 0.6 is 7.75 Å². The zero-order valence-corrected chi connectivity index (χ0v) is 7.17. The molecule has 0 aliphatic heterocycles. The summed E-state index contributed by atoms with van der Waals surface area (Å²) in [7, 11) is -5.01. The Hall–Kier alpha value is -0.170. The van der Waals surface area contributed by atoms with Crippen molar-refractivity contribution in [3.05, 3.63) is 0 Å². The van der Waals surface area contributed by atoms with Gasteiger partial charge in [0.25, 0.3) is 12.9 Å². The van der Waals surface area contributed by atoms with E-state index >= 15 is 0 Å². The molecule has 0 bridgehead atoms. The second-order valence-corrected chi connectivity index (χ2v) is 3.76. The maximum Gasteiger partial charge on any atom is 0.403 e. The first kappa shape index (κ1) is 12.8. The normalized spacial score (nSPS) is 13.3. The van der Waals surface area contributed by atoms with Crippen LogP contribution in [0, 0.1) is 0 Å². The molecule has 13 heavy (non-hydrogen) atoms. The van der Waals surface area contributed by atoms with Crippen molar-refractivity contribution in [2.24, 2.45) is 0 Å². The van der Waals surface area contributed by atoms with Gasteiger partial charge in [-0.1, -0.05) is 0 Å². The molecular formula is C4H8F4NO3P. The second kappa shape index (κ2) is 4.90. The van der Waals surface area contributed by atoms with Gasteiger partial charge < -0.3 is 9.79 Å². The van der Waals surface area contributed by atoms with Gasteiger partial charge in [0.1, 0.15) is 0 Å². The molecule has 0 amide bonds. The zero-order chi connectivity index (χ0) is 10.6. The molecule has 0 aliphatic carbocycles. The molecule has 0 aliphatic rings. The van der Waals surface area contributed by atoms with Gasteiger partial charge in [0.15, 0.2) is 0 Å². The summed E-state index contributed by atoms with van der Waals surface area (Å²) < 4.78 is 56.7. The SMILES string of the molecule is O=P(O)(O)N(CC(F)F)CC(F)F. The molecule has 0 unspecified atom stereocenters. The van der Waals surface area contributed by atoms with Crippen molar-refractivity contribution >= 4 is 7.75 Å². The second-order valence-electron chi connectivity index (χ2n) is 2.17. The molecule has 0 radical (unpaired) electrons. The molecule has 4 nitrogen and oxygen atoms in total. The minimum Gasteiger partial charge on any atom is -0.312 e. The Bertz CT molecular complexity index is 186. The first-order chi connectivity index (χ1) is 5.73. The average molecular weight is 225 g/mol. The lowest BCUT2D eigenvalue weighted by Crippen LogP contribution is -2.30. The zero-order valence-electron chi connectivity index (χ0n) is 6.28. The number of nitrogens with zero attached hydrogens (tertiary/aromatic N) is 1. The van der Waals surface area contributed by atoms with Gasteiger partial charge in [-0.3, -0.25) is 0 Å². The van der Waals surface area contributed by atoms with Gasteiger partial charge in [0.05, 0.1) is 13.1 Å². The first-order valence-electron chi connectivity index (χ1n) is 3.10. The predicted molar refractivity (Wildman–Crippen MR) is 35.6 cm³/mol. The van der Waals surface area contributed by atoms with E-state index in [4.69, 9.17) is 9.79 Å². The van der Waals surface area contributed by atoms with Gasteiger partial charge in [-0.15, -0.1) is 0 Å². The molecule has 0 rings (SSSR count). The minimum atomic E-state index is -5.01. The van der Waals surface area contributed by atoms with Crippen LogP contribution in [0.2, 0.25) is 0 Å². The number of alkyl halides is 4. The van der Waals surface area contributed by atoms with Crippen LogP contribution in [-0.2, 0) is 4.57 Å². The van der Waals surface area contributed by atoms with E-state index in [1.54, 1.807) is 0 Å². The van der Waals surface area contributed by atoms with Crippen molar-refractivity contribution in [1.82, 2.24) is 4.67 Å². The lowest BCUT2D eigenvalue weighted by molar-refractivity contribution is 0.0663. The highest BCUT2D eigenvalue weighted by molar-refractivity contribution is 7.49. The fourth-order valence-electron chi connectivity index (χ4n) is 0.606. The minimum absolute atomic E-state index is 0.248. The van der Waals surface area contributed by atoms with Crippen molar-refractivity contribution in [2.45, 2.75) is 12.9 Å². The summed E-state index contributed by atoms with van der Waals surface area (Å²) >= 11 is 0. The molecule has 0 aromatic carbocycles. The van der Waals surface area contributed by atoms with Crippen molar-refractivity contribution in [1.29, 1.82) is 0 Å². The standard InChI is InChI=1S/C4H8F4NO3P/c5-3(6)1-9(2-4(7)8)13(10,11)12/h3-4H,1-2H2,(H2,10,11,12). The van der Waals surface area contributed by atoms with Crippen molar-refractivity contribution in [2.75, 3.05) is 13.1 Å². The third kappa shape index (κ3) is 5.98. The lowest BCUT2D eigenvalue weighted by atomic mass is 10.6. The van der Waals surface area contributed by atoms with Crippen LogP contribution in [0.25, 0.3) is 0 Å². The molecule has 80 valence electrons. The van der Waals surface area contributed by atoms with Crippen molar-refractivity contribution < 1.29 is 31.9 Å². The summed E-state index contributed by atoms with van der Waals surface area (Å²) in [6, 6.07) is 0. The summed E-state index contributed by atoms with van der Waals surface area (Å²) in [5.74, 6) is 0. The Morgan fingerprint density at radius 1 is 1.08 bits per heavy atom. The molecule has 0 saturated heterocycles. The van der Waals surface area contributed by atoms with Gasteiger partial charge in [0, 0.05) is 0 Å². The maximum atomic E-state index is 11.6. The van der Waals surface area contributed by atoms with E-state index in [1.165, 1.54) is 0 Å². The molecule has 0 fully saturated rings. The summed E-state index contributed by atoms with van der Waals surface area (Å²) in [5, 5.41) is 0. The van der Waals surface area contributed by atoms with Gasteiger partial charge >= 0.3 is 7.75 Å². The number of rotatable bonds is 5. The first-order valence-corrected chi connectivity index (χ1v) is 4.67. The molecule has 0 aromatic heterocycles. The van der Waals surface area contributed by atoms with E-state index in [0.717, 1.165) is 0 Å². The molecule has 0 heterocycles. The number of hydrogen-bond acceptors (Lipinski definition) is 1. The number of halogens is 4. The van der Waals surface area contributed by atoms with Crippen LogP contribution in [0.15, 0.2) is 0 Å². The summed E-state index contributed by atoms with van der Waals surface area (Å²) in [6.45, 7) is -2.73. The van der Waals surface area contributed by atoms with Gasteiger partial charge in [-0.25, -0.2) is 22.1 Å². The third-order valence-corrected chi connectivity index (χ3v) is 2.13. The van der Waals surface area contributed by atoms with E-state index in [2.05, 4.69) is 0 Å². The molecule has 2 N–H and O–H groups in total. The van der Waals surface area contributed by atoms with Crippen LogP contribution in [-0.4, -0.2) is 40.4 Å². The fourth-order valence-corrected chi connectivity index (χ4v) is 1.28. The number of hydrogen-bond donors (Lipinski definition) is 2. The Morgan fingerprint density at radius 2 is 1.38 bits per heavy atom. The smallest absolute Gasteiger partial charge is 0.312 e. The summed E-state index contributed by atoms with van der Waals surface area (Å²) in [5.41, 5.74) is 0. The largest absolute Gasteiger partial charge is 0.403 e. The van der Waals surface area contributed by atoms with Crippen LogP contribution in [0.1, 0.15) is 0 Å². The Labute approximate surface area is 71.4 Å². The molecule has 0 saturated carbocycles. The van der Waals surface area contributed by atoms with E-state index in [9.17, 15) is 22.1 Å². The quantitative estimate of drug-likeness (QED) is 0.539. The van der Waals surface area contributed by atoms with E-state index in [-0.39, 0.29) is 4.67 Å². The fraction of sp³-hybridized carbons (Fsp3) is 1.00. The van der Waals surface area contributed by atoms with Crippen LogP contribution in [0.4, 0.5) is 17.6 Å². The van der Waals surface area contributed by atoms with Gasteiger partial charge in [-0.2, -0.15) is 4.67 Å². The van der Waals surface area contributed by atoms with Crippen molar-refractivity contribution in [3.8, 4) is 0 Å². The topological polar surface area (TPSA) is 60.8 Å². The van der Waals surface area contributed by atoms with Crippen molar-refractivity contribution in [3.63, 3.8) is 0 Å². The van der Waals surface area contributed by atoms with Gasteiger partial charge in [0.2, 0.25) is 0 Å². The Balaban J connectivity index is 4.29. The predicted octanol–water partition coefficient (Wildman–Crippen LogP) is 0.911.